The smallest absolute Gasteiger partial charge is 0.410 e. The van der Waals surface area contributed by atoms with Crippen molar-refractivity contribution in [2.45, 2.75) is 51.7 Å². The van der Waals surface area contributed by atoms with Crippen LogP contribution in [0.2, 0.25) is 0 Å². The van der Waals surface area contributed by atoms with Crippen molar-refractivity contribution in [3.8, 4) is 0 Å². The first kappa shape index (κ1) is 24.8. The van der Waals surface area contributed by atoms with E-state index in [0.717, 1.165) is 12.8 Å². The number of halogens is 2. The van der Waals surface area contributed by atoms with E-state index in [-0.39, 0.29) is 17.9 Å². The van der Waals surface area contributed by atoms with Gasteiger partial charge in [0.25, 0.3) is 5.91 Å². The lowest BCUT2D eigenvalue weighted by Crippen LogP contribution is -2.46. The Hall–Kier alpha value is -3.29. The number of benzene rings is 2. The van der Waals surface area contributed by atoms with Crippen LogP contribution in [0.3, 0.4) is 0 Å². The predicted octanol–water partition coefficient (Wildman–Crippen LogP) is 5.12. The van der Waals surface area contributed by atoms with E-state index in [1.54, 1.807) is 41.0 Å². The van der Waals surface area contributed by atoms with Crippen molar-refractivity contribution >= 4 is 17.8 Å². The van der Waals surface area contributed by atoms with E-state index in [4.69, 9.17) is 9.73 Å². The van der Waals surface area contributed by atoms with Crippen LogP contribution in [0, 0.1) is 17.6 Å². The van der Waals surface area contributed by atoms with Crippen molar-refractivity contribution in [3.63, 3.8) is 0 Å². The highest BCUT2D eigenvalue weighted by Crippen LogP contribution is 2.41. The minimum absolute atomic E-state index is 0.181. The Kier molecular flexibility index (Phi) is 6.66. The minimum Gasteiger partial charge on any atom is -0.444 e. The number of piperidine rings is 1. The molecular formula is C27H31F2N3O3. The molecule has 0 atom stereocenters. The molecule has 35 heavy (non-hydrogen) atoms. The van der Waals surface area contributed by atoms with E-state index in [1.807, 2.05) is 20.8 Å². The van der Waals surface area contributed by atoms with Gasteiger partial charge in [0, 0.05) is 19.6 Å². The molecule has 0 spiro atoms. The zero-order chi connectivity index (χ0) is 25.4. The van der Waals surface area contributed by atoms with Crippen LogP contribution in [-0.2, 0) is 15.1 Å². The number of ether oxygens (including phenoxy) is 1. The predicted molar refractivity (Wildman–Crippen MR) is 129 cm³/mol. The third-order valence-corrected chi connectivity index (χ3v) is 6.51. The van der Waals surface area contributed by atoms with Gasteiger partial charge in [0.2, 0.25) is 0 Å². The van der Waals surface area contributed by atoms with Crippen LogP contribution in [0.4, 0.5) is 13.6 Å². The first-order chi connectivity index (χ1) is 16.5. The molecule has 0 bridgehead atoms. The van der Waals surface area contributed by atoms with E-state index < -0.39 is 22.8 Å². The Bertz CT molecular complexity index is 1070. The van der Waals surface area contributed by atoms with Crippen LogP contribution in [0.5, 0.6) is 0 Å². The lowest BCUT2D eigenvalue weighted by Gasteiger charge is -2.35. The summed E-state index contributed by atoms with van der Waals surface area (Å²) in [6.45, 7) is 8.87. The molecule has 0 saturated carbocycles. The van der Waals surface area contributed by atoms with Crippen LogP contribution in [0.1, 0.15) is 51.7 Å². The van der Waals surface area contributed by atoms with Crippen molar-refractivity contribution < 1.29 is 23.1 Å². The zero-order valence-corrected chi connectivity index (χ0v) is 20.6. The van der Waals surface area contributed by atoms with Gasteiger partial charge in [-0.15, -0.1) is 0 Å². The van der Waals surface area contributed by atoms with Crippen LogP contribution in [0.15, 0.2) is 53.5 Å². The highest BCUT2D eigenvalue weighted by Gasteiger charge is 2.50. The largest absolute Gasteiger partial charge is 0.444 e. The Balaban J connectivity index is 1.54. The molecule has 2 aliphatic rings. The van der Waals surface area contributed by atoms with Gasteiger partial charge >= 0.3 is 6.09 Å². The van der Waals surface area contributed by atoms with Crippen LogP contribution >= 0.6 is 0 Å². The number of aliphatic imine (C=N–C) groups is 1. The number of carbonyl (C=O) groups is 2. The van der Waals surface area contributed by atoms with E-state index in [9.17, 15) is 18.4 Å². The fraction of sp³-hybridized carbons (Fsp3) is 0.444. The van der Waals surface area contributed by atoms with Gasteiger partial charge in [-0.25, -0.2) is 18.6 Å². The minimum atomic E-state index is -1.40. The van der Waals surface area contributed by atoms with Crippen molar-refractivity contribution in [1.29, 1.82) is 0 Å². The maximum absolute atomic E-state index is 14.0. The number of amides is 2. The van der Waals surface area contributed by atoms with Crippen molar-refractivity contribution in [2.24, 2.45) is 10.9 Å². The van der Waals surface area contributed by atoms with E-state index in [0.29, 0.717) is 36.6 Å². The molecule has 2 aromatic rings. The Labute approximate surface area is 204 Å². The fourth-order valence-corrected chi connectivity index (χ4v) is 4.72. The number of nitrogens with zero attached hydrogens (tertiary/aromatic N) is 3. The summed E-state index contributed by atoms with van der Waals surface area (Å²) in [4.78, 5) is 34.5. The second-order valence-corrected chi connectivity index (χ2v) is 10.2. The summed E-state index contributed by atoms with van der Waals surface area (Å²) in [5.41, 5.74) is -0.898. The molecule has 0 aromatic heterocycles. The van der Waals surface area contributed by atoms with Gasteiger partial charge in [-0.2, -0.15) is 0 Å². The van der Waals surface area contributed by atoms with Gasteiger partial charge in [0.1, 0.15) is 23.1 Å². The molecule has 1 saturated heterocycles. The summed E-state index contributed by atoms with van der Waals surface area (Å²) in [7, 11) is 0. The number of carbonyl (C=O) groups excluding carboxylic acids is 2. The average Bonchev–Trinajstić information content (AvgIpc) is 3.05. The molecule has 0 N–H and O–H groups in total. The summed E-state index contributed by atoms with van der Waals surface area (Å²) >= 11 is 0. The molecule has 0 unspecified atom stereocenters. The number of likely N-dealkylation sites (tertiary alicyclic amines) is 1. The van der Waals surface area contributed by atoms with Crippen LogP contribution in [-0.4, -0.2) is 52.9 Å². The van der Waals surface area contributed by atoms with Gasteiger partial charge in [-0.3, -0.25) is 9.69 Å². The quantitative estimate of drug-likeness (QED) is 0.607. The van der Waals surface area contributed by atoms with Gasteiger partial charge in [-0.1, -0.05) is 24.3 Å². The summed E-state index contributed by atoms with van der Waals surface area (Å²) in [6, 6.07) is 11.4. The third kappa shape index (κ3) is 5.06. The van der Waals surface area contributed by atoms with Gasteiger partial charge < -0.3 is 9.64 Å². The summed E-state index contributed by atoms with van der Waals surface area (Å²) in [5, 5.41) is 0. The maximum Gasteiger partial charge on any atom is 0.410 e. The zero-order valence-electron chi connectivity index (χ0n) is 20.6. The molecule has 6 nitrogen and oxygen atoms in total. The first-order valence-corrected chi connectivity index (χ1v) is 11.9. The number of hydrogen-bond donors (Lipinski definition) is 0. The van der Waals surface area contributed by atoms with Gasteiger partial charge in [-0.05, 0) is 81.8 Å². The standard InChI is InChI=1S/C27H31F2N3O3/c1-18-30-27(20-5-9-22(28)10-6-20,21-7-11-23(29)12-8-21)24(33)32(18)17-19-13-15-31(16-14-19)25(34)35-26(2,3)4/h5-12,19H,13-17H2,1-4H3. The third-order valence-electron chi connectivity index (χ3n) is 6.51. The van der Waals surface area contributed by atoms with Crippen LogP contribution in [0.25, 0.3) is 0 Å². The molecule has 2 amide bonds. The molecule has 8 heteroatoms. The second kappa shape index (κ2) is 9.40. The van der Waals surface area contributed by atoms with E-state index in [1.165, 1.54) is 24.3 Å². The van der Waals surface area contributed by atoms with Crippen LogP contribution < -0.4 is 0 Å². The van der Waals surface area contributed by atoms with Crippen molar-refractivity contribution in [2.75, 3.05) is 19.6 Å². The normalized spacial score (nSPS) is 18.6. The SMILES string of the molecule is CC1=NC(c2ccc(F)cc2)(c2ccc(F)cc2)C(=O)N1CC1CCN(C(=O)OC(C)(C)C)CC1. The summed E-state index contributed by atoms with van der Waals surface area (Å²) in [5.74, 6) is -0.341. The lowest BCUT2D eigenvalue weighted by molar-refractivity contribution is -0.130. The highest BCUT2D eigenvalue weighted by molar-refractivity contribution is 6.09. The Morgan fingerprint density at radius 1 is 1.00 bits per heavy atom. The topological polar surface area (TPSA) is 62.2 Å². The number of amidine groups is 1. The number of rotatable bonds is 4. The molecule has 4 rings (SSSR count). The van der Waals surface area contributed by atoms with Crippen molar-refractivity contribution in [1.82, 2.24) is 9.80 Å². The van der Waals surface area contributed by atoms with Gasteiger partial charge in [0.05, 0.1) is 0 Å². The van der Waals surface area contributed by atoms with Gasteiger partial charge in [0.15, 0.2) is 5.54 Å². The second-order valence-electron chi connectivity index (χ2n) is 10.2. The highest BCUT2D eigenvalue weighted by atomic mass is 19.1. The lowest BCUT2D eigenvalue weighted by atomic mass is 9.82. The molecule has 2 aromatic carbocycles. The van der Waals surface area contributed by atoms with E-state index >= 15 is 0 Å². The molecule has 1 fully saturated rings. The molecule has 186 valence electrons. The number of hydrogen-bond acceptors (Lipinski definition) is 4. The van der Waals surface area contributed by atoms with E-state index in [2.05, 4.69) is 0 Å². The Morgan fingerprint density at radius 3 is 1.94 bits per heavy atom. The average molecular weight is 484 g/mol. The van der Waals surface area contributed by atoms with Crippen molar-refractivity contribution in [3.05, 3.63) is 71.3 Å². The molecule has 0 aliphatic carbocycles. The monoisotopic (exact) mass is 483 g/mol. The maximum atomic E-state index is 14.0. The molecule has 0 radical (unpaired) electrons. The summed E-state index contributed by atoms with van der Waals surface area (Å²) in [6.07, 6.45) is 1.14. The molecule has 2 heterocycles. The molecular weight excluding hydrogens is 452 g/mol. The molecule has 2 aliphatic heterocycles. The fourth-order valence-electron chi connectivity index (χ4n) is 4.72. The summed E-state index contributed by atoms with van der Waals surface area (Å²) < 4.78 is 32.8. The first-order valence-electron chi connectivity index (χ1n) is 11.9. The Morgan fingerprint density at radius 2 is 1.49 bits per heavy atom.